The molecule has 0 aliphatic heterocycles. The molecule has 8 unspecified atom stereocenters. The maximum atomic E-state index is 13.3. The van der Waals surface area contributed by atoms with E-state index in [0.717, 1.165) is 13.8 Å². The summed E-state index contributed by atoms with van der Waals surface area (Å²) in [5.41, 5.74) is 20.9. The van der Waals surface area contributed by atoms with Gasteiger partial charge in [0.05, 0.1) is 6.04 Å². The summed E-state index contributed by atoms with van der Waals surface area (Å²) in [7, 11) is 0. The molecule has 0 radical (unpaired) electrons. The van der Waals surface area contributed by atoms with E-state index >= 15 is 0 Å². The van der Waals surface area contributed by atoms with Crippen LogP contribution in [0.15, 0.2) is 0 Å². The second-order valence-corrected chi connectivity index (χ2v) is 13.5. The van der Waals surface area contributed by atoms with Crippen molar-refractivity contribution in [3.63, 3.8) is 0 Å². The Balaban J connectivity index is 6.11. The first-order valence-electron chi connectivity index (χ1n) is 18.1. The van der Waals surface area contributed by atoms with E-state index in [-0.39, 0.29) is 12.8 Å². The summed E-state index contributed by atoms with van der Waals surface area (Å²) in [4.78, 5) is 159. The minimum Gasteiger partial charge on any atom is -0.481 e. The smallest absolute Gasteiger partial charge is 0.326 e. The van der Waals surface area contributed by atoms with Crippen molar-refractivity contribution in [2.45, 2.75) is 121 Å². The Morgan fingerprint density at radius 1 is 0.400 bits per heavy atom. The van der Waals surface area contributed by atoms with Gasteiger partial charge in [0.1, 0.15) is 42.3 Å². The first-order valence-corrected chi connectivity index (χ1v) is 18.1. The molecule has 336 valence electrons. The third-order valence-corrected chi connectivity index (χ3v) is 8.29. The number of aliphatic carboxylic acids is 3. The molecule has 0 saturated heterocycles. The molecule has 0 aromatic carbocycles. The molecule has 0 heterocycles. The molecule has 27 nitrogen and oxygen atoms in total. The molecule has 0 aliphatic carbocycles. The molecule has 0 rings (SSSR count). The average molecular weight is 860 g/mol. The number of nitrogens with one attached hydrogen (secondary N) is 7. The fourth-order valence-corrected chi connectivity index (χ4v) is 4.76. The van der Waals surface area contributed by atoms with Crippen molar-refractivity contribution in [1.82, 2.24) is 37.2 Å². The van der Waals surface area contributed by atoms with E-state index in [1.165, 1.54) is 13.8 Å². The summed E-state index contributed by atoms with van der Waals surface area (Å²) in [5, 5.41) is 43.5. The topological polar surface area (TPSA) is 471 Å². The molecule has 0 spiro atoms. The zero-order valence-electron chi connectivity index (χ0n) is 33.1. The third kappa shape index (κ3) is 20.0. The van der Waals surface area contributed by atoms with Gasteiger partial charge in [0.25, 0.3) is 0 Å². The van der Waals surface area contributed by atoms with Crippen LogP contribution in [-0.2, 0) is 62.3 Å². The number of carboxylic acids is 3. The zero-order chi connectivity index (χ0) is 46.6. The zero-order valence-corrected chi connectivity index (χ0v) is 33.1. The largest absolute Gasteiger partial charge is 0.481 e. The lowest BCUT2D eigenvalue weighted by Gasteiger charge is -2.26. The third-order valence-electron chi connectivity index (χ3n) is 8.29. The van der Waals surface area contributed by atoms with E-state index in [2.05, 4.69) is 37.2 Å². The monoisotopic (exact) mass is 859 g/mol. The number of nitrogens with two attached hydrogens (primary N) is 4. The SMILES string of the molecule is CC(N)C(=O)NC(CCC(N)=O)C(=O)NC(C)C(=O)NC(CCC(N)=O)C(=O)NC(C)C(=O)NC(CC(C(=O)O)C(=O)O)C(=O)NC(C)C(=O)NC(CCC(N)=O)C(=O)O. The van der Waals surface area contributed by atoms with E-state index in [1.807, 2.05) is 0 Å². The second kappa shape index (κ2) is 25.4. The molecule has 18 N–H and O–H groups in total. The molecule has 0 bridgehead atoms. The van der Waals surface area contributed by atoms with Gasteiger partial charge in [-0.05, 0) is 47.0 Å². The molecule has 27 heteroatoms. The predicted octanol–water partition coefficient (Wildman–Crippen LogP) is -7.16. The summed E-state index contributed by atoms with van der Waals surface area (Å²) >= 11 is 0. The van der Waals surface area contributed by atoms with E-state index in [9.17, 15) is 77.6 Å². The fraction of sp³-hybridized carbons (Fsp3) is 0.606. The van der Waals surface area contributed by atoms with E-state index in [0.29, 0.717) is 0 Å². The average Bonchev–Trinajstić information content (AvgIpc) is 3.13. The second-order valence-electron chi connectivity index (χ2n) is 13.5. The Kier molecular flexibility index (Phi) is 22.5. The van der Waals surface area contributed by atoms with Gasteiger partial charge in [0.15, 0.2) is 5.92 Å². The van der Waals surface area contributed by atoms with Crippen molar-refractivity contribution in [3.05, 3.63) is 0 Å². The van der Waals surface area contributed by atoms with E-state index < -0.39 is 163 Å². The standard InChI is InChI=1S/C33H53N11O16/c1-12(34)24(48)41-17(5-8-21(35)45)28(52)38-13(2)25(49)42-18(6-9-22(36)46)29(53)39-15(4)27(51)44-20(11-16(31(55)56)32(57)58)30(54)40-14(3)26(50)43-19(33(59)60)7-10-23(37)47/h12-20H,5-11,34H2,1-4H3,(H2,35,45)(H2,36,46)(H2,37,47)(H,38,52)(H,39,53)(H,40,54)(H,41,48)(H,42,49)(H,43,50)(H,44,51)(H,55,56)(H,57,58)(H,59,60). The maximum absolute atomic E-state index is 13.3. The van der Waals surface area contributed by atoms with Crippen LogP contribution in [0, 0.1) is 5.92 Å². The Morgan fingerprint density at radius 3 is 0.983 bits per heavy atom. The number of amides is 10. The summed E-state index contributed by atoms with van der Waals surface area (Å²) < 4.78 is 0. The highest BCUT2D eigenvalue weighted by atomic mass is 16.4. The van der Waals surface area contributed by atoms with Crippen LogP contribution in [0.3, 0.4) is 0 Å². The van der Waals surface area contributed by atoms with Crippen molar-refractivity contribution < 1.29 is 77.6 Å². The lowest BCUT2D eigenvalue weighted by atomic mass is 9.98. The Labute approximate surface area is 341 Å². The van der Waals surface area contributed by atoms with Crippen LogP contribution in [0.25, 0.3) is 0 Å². The van der Waals surface area contributed by atoms with Crippen LogP contribution in [0.4, 0.5) is 0 Å². The number of carbonyl (C=O) groups excluding carboxylic acids is 10. The molecule has 0 aromatic heterocycles. The molecule has 0 saturated carbocycles. The first kappa shape index (κ1) is 53.1. The summed E-state index contributed by atoms with van der Waals surface area (Å²) in [6, 6.07) is -12.4. The number of hydrogen-bond donors (Lipinski definition) is 14. The van der Waals surface area contributed by atoms with Gasteiger partial charge >= 0.3 is 17.9 Å². The van der Waals surface area contributed by atoms with Gasteiger partial charge in [-0.2, -0.15) is 0 Å². The minimum atomic E-state index is -2.30. The first-order chi connectivity index (χ1) is 27.7. The van der Waals surface area contributed by atoms with Gasteiger partial charge in [0.2, 0.25) is 59.1 Å². The van der Waals surface area contributed by atoms with Crippen molar-refractivity contribution in [3.8, 4) is 0 Å². The molecule has 60 heavy (non-hydrogen) atoms. The molecule has 10 amide bonds. The van der Waals surface area contributed by atoms with Gasteiger partial charge in [-0.25, -0.2) is 4.79 Å². The Morgan fingerprint density at radius 2 is 0.683 bits per heavy atom. The van der Waals surface area contributed by atoms with Crippen LogP contribution < -0.4 is 60.2 Å². The van der Waals surface area contributed by atoms with Gasteiger partial charge in [-0.15, -0.1) is 0 Å². The van der Waals surface area contributed by atoms with Crippen molar-refractivity contribution >= 4 is 77.0 Å². The number of carbonyl (C=O) groups is 13. The lowest BCUT2D eigenvalue weighted by Crippen LogP contribution is -2.59. The van der Waals surface area contributed by atoms with Gasteiger partial charge in [-0.1, -0.05) is 0 Å². The highest BCUT2D eigenvalue weighted by Gasteiger charge is 2.36. The van der Waals surface area contributed by atoms with Gasteiger partial charge in [0, 0.05) is 25.7 Å². The van der Waals surface area contributed by atoms with Crippen LogP contribution in [0.2, 0.25) is 0 Å². The van der Waals surface area contributed by atoms with Crippen molar-refractivity contribution in [1.29, 1.82) is 0 Å². The maximum Gasteiger partial charge on any atom is 0.326 e. The fourth-order valence-electron chi connectivity index (χ4n) is 4.76. The van der Waals surface area contributed by atoms with Crippen molar-refractivity contribution in [2.24, 2.45) is 28.9 Å². The molecule has 0 aromatic rings. The minimum absolute atomic E-state index is 0.269. The Hall–Kier alpha value is -6.93. The van der Waals surface area contributed by atoms with Crippen LogP contribution in [-0.4, -0.2) is 141 Å². The van der Waals surface area contributed by atoms with Crippen LogP contribution >= 0.6 is 0 Å². The summed E-state index contributed by atoms with van der Waals surface area (Å²) in [6.07, 6.45) is -3.51. The quantitative estimate of drug-likeness (QED) is 0.0325. The number of carboxylic acid groups (broad SMARTS) is 3. The van der Waals surface area contributed by atoms with Gasteiger partial charge < -0.3 is 75.5 Å². The normalized spacial score (nSPS) is 14.8. The molecule has 0 fully saturated rings. The highest BCUT2D eigenvalue weighted by Crippen LogP contribution is 2.10. The van der Waals surface area contributed by atoms with Crippen LogP contribution in [0.1, 0.15) is 72.6 Å². The number of rotatable bonds is 28. The molecular formula is C33H53N11O16. The molecule has 0 aliphatic rings. The lowest BCUT2D eigenvalue weighted by molar-refractivity contribution is -0.155. The van der Waals surface area contributed by atoms with E-state index in [4.69, 9.17) is 22.9 Å². The predicted molar refractivity (Wildman–Crippen MR) is 200 cm³/mol. The molecule has 8 atom stereocenters. The summed E-state index contributed by atoms with van der Waals surface area (Å²) in [6.45, 7) is 4.62. The van der Waals surface area contributed by atoms with Crippen molar-refractivity contribution in [2.75, 3.05) is 0 Å². The number of hydrogen-bond acceptors (Lipinski definition) is 14. The Bertz CT molecular complexity index is 1660. The highest BCUT2D eigenvalue weighted by molar-refractivity contribution is 5.99. The van der Waals surface area contributed by atoms with Gasteiger partial charge in [-0.3, -0.25) is 57.5 Å². The summed E-state index contributed by atoms with van der Waals surface area (Å²) in [5.74, 6) is -17.8. The van der Waals surface area contributed by atoms with E-state index in [1.54, 1.807) is 0 Å². The molecular weight excluding hydrogens is 806 g/mol. The number of primary amides is 3. The van der Waals surface area contributed by atoms with Crippen LogP contribution in [0.5, 0.6) is 0 Å².